The van der Waals surface area contributed by atoms with Gasteiger partial charge in [0.1, 0.15) is 0 Å². The van der Waals surface area contributed by atoms with Gasteiger partial charge in [-0.1, -0.05) is 0 Å². The van der Waals surface area contributed by atoms with Crippen LogP contribution in [0.1, 0.15) is 32.6 Å². The van der Waals surface area contributed by atoms with Crippen LogP contribution >= 0.6 is 0 Å². The molecule has 14 heavy (non-hydrogen) atoms. The van der Waals surface area contributed by atoms with Crippen molar-refractivity contribution < 1.29 is 17.6 Å². The van der Waals surface area contributed by atoms with Crippen molar-refractivity contribution in [3.63, 3.8) is 0 Å². The van der Waals surface area contributed by atoms with Crippen molar-refractivity contribution in [2.45, 2.75) is 44.5 Å². The maximum absolute atomic E-state index is 13.2. The monoisotopic (exact) mass is 213 g/mol. The van der Waals surface area contributed by atoms with Crippen LogP contribution in [0.25, 0.3) is 0 Å². The van der Waals surface area contributed by atoms with E-state index in [1.807, 2.05) is 0 Å². The van der Waals surface area contributed by atoms with Crippen LogP contribution in [-0.2, 0) is 0 Å². The molecule has 1 saturated carbocycles. The molecule has 1 aliphatic rings. The SMILES string of the molecule is CC(F)(F)C1(CN)CCC(F)(F)CC1. The zero-order valence-electron chi connectivity index (χ0n) is 8.12. The predicted octanol–water partition coefficient (Wildman–Crippen LogP) is 2.80. The highest BCUT2D eigenvalue weighted by Crippen LogP contribution is 2.50. The van der Waals surface area contributed by atoms with E-state index in [0.717, 1.165) is 6.92 Å². The van der Waals surface area contributed by atoms with Crippen LogP contribution in [0.2, 0.25) is 0 Å². The van der Waals surface area contributed by atoms with Gasteiger partial charge in [0, 0.05) is 24.8 Å². The Morgan fingerprint density at radius 2 is 1.57 bits per heavy atom. The van der Waals surface area contributed by atoms with Crippen molar-refractivity contribution in [2.75, 3.05) is 6.54 Å². The molecular formula is C9H15F4N. The third kappa shape index (κ3) is 2.02. The van der Waals surface area contributed by atoms with E-state index >= 15 is 0 Å². The van der Waals surface area contributed by atoms with Crippen molar-refractivity contribution in [2.24, 2.45) is 11.1 Å². The van der Waals surface area contributed by atoms with Crippen molar-refractivity contribution in [3.8, 4) is 0 Å². The molecule has 0 aliphatic heterocycles. The molecule has 0 unspecified atom stereocenters. The number of rotatable bonds is 2. The molecule has 84 valence electrons. The maximum atomic E-state index is 13.2. The molecule has 0 bridgehead atoms. The van der Waals surface area contributed by atoms with Crippen molar-refractivity contribution in [1.82, 2.24) is 0 Å². The fourth-order valence-electron chi connectivity index (χ4n) is 1.92. The summed E-state index contributed by atoms with van der Waals surface area (Å²) < 4.78 is 52.0. The van der Waals surface area contributed by atoms with Gasteiger partial charge in [0.25, 0.3) is 5.92 Å². The molecule has 0 radical (unpaired) electrons. The number of hydrogen-bond acceptors (Lipinski definition) is 1. The van der Waals surface area contributed by atoms with Gasteiger partial charge >= 0.3 is 0 Å². The van der Waals surface area contributed by atoms with E-state index in [-0.39, 0.29) is 19.4 Å². The Balaban J connectivity index is 2.77. The van der Waals surface area contributed by atoms with Gasteiger partial charge in [-0.2, -0.15) is 0 Å². The molecule has 0 heterocycles. The summed E-state index contributed by atoms with van der Waals surface area (Å²) in [5, 5.41) is 0. The molecule has 5 heteroatoms. The Labute approximate surface area is 80.7 Å². The highest BCUT2D eigenvalue weighted by molar-refractivity contribution is 4.96. The van der Waals surface area contributed by atoms with Crippen LogP contribution in [-0.4, -0.2) is 18.4 Å². The zero-order valence-corrected chi connectivity index (χ0v) is 8.12. The van der Waals surface area contributed by atoms with Crippen molar-refractivity contribution >= 4 is 0 Å². The topological polar surface area (TPSA) is 26.0 Å². The number of alkyl halides is 4. The Morgan fingerprint density at radius 3 is 1.86 bits per heavy atom. The molecule has 1 fully saturated rings. The Bertz CT molecular complexity index is 199. The molecule has 0 aromatic heterocycles. The molecule has 0 aromatic carbocycles. The third-order valence-corrected chi connectivity index (χ3v) is 3.26. The first-order valence-electron chi connectivity index (χ1n) is 4.68. The van der Waals surface area contributed by atoms with E-state index in [4.69, 9.17) is 5.73 Å². The van der Waals surface area contributed by atoms with Crippen LogP contribution in [0, 0.1) is 5.41 Å². The van der Waals surface area contributed by atoms with E-state index in [1.54, 1.807) is 0 Å². The second-order valence-corrected chi connectivity index (χ2v) is 4.23. The average molecular weight is 213 g/mol. The minimum Gasteiger partial charge on any atom is -0.330 e. The predicted molar refractivity (Wildman–Crippen MR) is 45.5 cm³/mol. The molecular weight excluding hydrogens is 198 g/mol. The first-order chi connectivity index (χ1) is 6.22. The van der Waals surface area contributed by atoms with E-state index in [0.29, 0.717) is 0 Å². The van der Waals surface area contributed by atoms with Gasteiger partial charge in [-0.05, 0) is 19.8 Å². The summed E-state index contributed by atoms with van der Waals surface area (Å²) in [6.45, 7) is 0.538. The number of hydrogen-bond donors (Lipinski definition) is 1. The summed E-state index contributed by atoms with van der Waals surface area (Å²) >= 11 is 0. The summed E-state index contributed by atoms with van der Waals surface area (Å²) in [4.78, 5) is 0. The van der Waals surface area contributed by atoms with Gasteiger partial charge < -0.3 is 5.73 Å². The molecule has 0 amide bonds. The summed E-state index contributed by atoms with van der Waals surface area (Å²) in [5.74, 6) is -5.76. The smallest absolute Gasteiger partial charge is 0.252 e. The number of halogens is 4. The minimum absolute atomic E-state index is 0.194. The quantitative estimate of drug-likeness (QED) is 0.701. The fraction of sp³-hybridized carbons (Fsp3) is 1.00. The lowest BCUT2D eigenvalue weighted by molar-refractivity contribution is -0.157. The second-order valence-electron chi connectivity index (χ2n) is 4.23. The van der Waals surface area contributed by atoms with Crippen LogP contribution in [0.15, 0.2) is 0 Å². The third-order valence-electron chi connectivity index (χ3n) is 3.26. The van der Waals surface area contributed by atoms with Crippen molar-refractivity contribution in [3.05, 3.63) is 0 Å². The first-order valence-corrected chi connectivity index (χ1v) is 4.68. The standard InChI is InChI=1S/C9H15F4N/c1-7(10,11)8(6-14)2-4-9(12,13)5-3-8/h2-6,14H2,1H3. The van der Waals surface area contributed by atoms with E-state index < -0.39 is 30.1 Å². The lowest BCUT2D eigenvalue weighted by atomic mass is 9.69. The zero-order chi connectivity index (χ0) is 11.0. The van der Waals surface area contributed by atoms with Gasteiger partial charge in [-0.3, -0.25) is 0 Å². The minimum atomic E-state index is -2.97. The van der Waals surface area contributed by atoms with Crippen LogP contribution < -0.4 is 5.73 Å². The Morgan fingerprint density at radius 1 is 1.14 bits per heavy atom. The lowest BCUT2D eigenvalue weighted by Gasteiger charge is -2.42. The maximum Gasteiger partial charge on any atom is 0.252 e. The molecule has 0 aromatic rings. The molecule has 1 nitrogen and oxygen atoms in total. The normalized spacial score (nSPS) is 26.1. The summed E-state index contributed by atoms with van der Waals surface area (Å²) in [6, 6.07) is 0. The van der Waals surface area contributed by atoms with Gasteiger partial charge in [0.05, 0.1) is 0 Å². The summed E-state index contributed by atoms with van der Waals surface area (Å²) in [5.41, 5.74) is 3.87. The lowest BCUT2D eigenvalue weighted by Crippen LogP contribution is -2.49. The molecule has 1 rings (SSSR count). The molecule has 0 spiro atoms. The van der Waals surface area contributed by atoms with Gasteiger partial charge in [0.2, 0.25) is 5.92 Å². The highest BCUT2D eigenvalue weighted by atomic mass is 19.3. The van der Waals surface area contributed by atoms with Gasteiger partial charge in [-0.25, -0.2) is 17.6 Å². The average Bonchev–Trinajstić information content (AvgIpc) is 2.03. The fourth-order valence-corrected chi connectivity index (χ4v) is 1.92. The van der Waals surface area contributed by atoms with Crippen molar-refractivity contribution in [1.29, 1.82) is 0 Å². The molecule has 0 atom stereocenters. The highest BCUT2D eigenvalue weighted by Gasteiger charge is 2.53. The van der Waals surface area contributed by atoms with Crippen LogP contribution in [0.3, 0.4) is 0 Å². The van der Waals surface area contributed by atoms with Crippen LogP contribution in [0.4, 0.5) is 17.6 Å². The number of nitrogens with two attached hydrogens (primary N) is 1. The van der Waals surface area contributed by atoms with E-state index in [2.05, 4.69) is 0 Å². The largest absolute Gasteiger partial charge is 0.330 e. The first kappa shape index (κ1) is 11.8. The molecule has 0 saturated heterocycles. The van der Waals surface area contributed by atoms with Gasteiger partial charge in [0.15, 0.2) is 0 Å². The summed E-state index contributed by atoms with van der Waals surface area (Å²) in [6.07, 6.45) is -1.35. The summed E-state index contributed by atoms with van der Waals surface area (Å²) in [7, 11) is 0. The Hall–Kier alpha value is -0.320. The Kier molecular flexibility index (Phi) is 2.82. The van der Waals surface area contributed by atoms with E-state index in [9.17, 15) is 17.6 Å². The van der Waals surface area contributed by atoms with Gasteiger partial charge in [-0.15, -0.1) is 0 Å². The van der Waals surface area contributed by atoms with E-state index in [1.165, 1.54) is 0 Å². The second kappa shape index (κ2) is 3.36. The molecule has 2 N–H and O–H groups in total. The molecule has 1 aliphatic carbocycles. The van der Waals surface area contributed by atoms with Crippen LogP contribution in [0.5, 0.6) is 0 Å².